The summed E-state index contributed by atoms with van der Waals surface area (Å²) in [6.07, 6.45) is 0.298. The Labute approximate surface area is 193 Å². The van der Waals surface area contributed by atoms with E-state index in [1.54, 1.807) is 48.5 Å². The number of hydrogen-bond acceptors (Lipinski definition) is 4. The summed E-state index contributed by atoms with van der Waals surface area (Å²) in [6, 6.07) is 19.4. The van der Waals surface area contributed by atoms with Crippen molar-refractivity contribution in [2.75, 3.05) is 10.2 Å². The van der Waals surface area contributed by atoms with Crippen molar-refractivity contribution in [3.05, 3.63) is 89.2 Å². The molecule has 0 aliphatic carbocycles. The molecule has 1 atom stereocenters. The number of anilines is 2. The van der Waals surface area contributed by atoms with Gasteiger partial charge in [0.2, 0.25) is 17.7 Å². The molecule has 8 heteroatoms. The van der Waals surface area contributed by atoms with Gasteiger partial charge in [-0.05, 0) is 66.2 Å². The minimum atomic E-state index is -0.558. The number of nitrogens with zero attached hydrogens (tertiary/aromatic N) is 1. The van der Waals surface area contributed by atoms with E-state index in [2.05, 4.69) is 5.32 Å². The van der Waals surface area contributed by atoms with Crippen molar-refractivity contribution in [2.24, 2.45) is 0 Å². The Bertz CT molecular complexity index is 1150. The highest BCUT2D eigenvalue weighted by Gasteiger charge is 2.40. The molecular weight excluding hydrogens is 451 g/mol. The average Bonchev–Trinajstić information content (AvgIpc) is 3.05. The van der Waals surface area contributed by atoms with Crippen LogP contribution in [0, 0.1) is 5.82 Å². The van der Waals surface area contributed by atoms with E-state index in [-0.39, 0.29) is 30.6 Å². The first kappa shape index (κ1) is 22.0. The van der Waals surface area contributed by atoms with Crippen LogP contribution in [0.1, 0.15) is 12.0 Å². The van der Waals surface area contributed by atoms with Crippen LogP contribution in [0.15, 0.2) is 77.7 Å². The maximum Gasteiger partial charge on any atom is 0.247 e. The maximum absolute atomic E-state index is 13.1. The molecule has 162 valence electrons. The monoisotopic (exact) mass is 468 g/mol. The summed E-state index contributed by atoms with van der Waals surface area (Å²) in [6.45, 7) is 0. The quantitative estimate of drug-likeness (QED) is 0.512. The summed E-state index contributed by atoms with van der Waals surface area (Å²) in [5.41, 5.74) is 1.85. The van der Waals surface area contributed by atoms with Crippen LogP contribution in [-0.2, 0) is 20.8 Å². The van der Waals surface area contributed by atoms with Gasteiger partial charge in [-0.2, -0.15) is 0 Å². The highest BCUT2D eigenvalue weighted by molar-refractivity contribution is 8.00. The Balaban J connectivity index is 1.35. The first-order valence-electron chi connectivity index (χ1n) is 9.82. The molecule has 1 aliphatic rings. The third kappa shape index (κ3) is 5.18. The summed E-state index contributed by atoms with van der Waals surface area (Å²) in [5, 5.41) is 2.89. The molecule has 0 bridgehead atoms. The Morgan fingerprint density at radius 2 is 1.66 bits per heavy atom. The number of thioether (sulfide) groups is 1. The lowest BCUT2D eigenvalue weighted by atomic mass is 10.1. The molecule has 3 amide bonds. The van der Waals surface area contributed by atoms with Crippen LogP contribution in [0.5, 0.6) is 0 Å². The first-order chi connectivity index (χ1) is 15.4. The maximum atomic E-state index is 13.1. The lowest BCUT2D eigenvalue weighted by molar-refractivity contribution is -0.121. The summed E-state index contributed by atoms with van der Waals surface area (Å²) < 4.78 is 13.1. The zero-order valence-electron chi connectivity index (χ0n) is 16.8. The highest BCUT2D eigenvalue weighted by Crippen LogP contribution is 2.34. The van der Waals surface area contributed by atoms with Crippen LogP contribution in [0.4, 0.5) is 15.8 Å². The lowest BCUT2D eigenvalue weighted by Gasteiger charge is -2.15. The normalized spacial score (nSPS) is 15.8. The van der Waals surface area contributed by atoms with E-state index in [1.807, 2.05) is 0 Å². The van der Waals surface area contributed by atoms with Crippen LogP contribution >= 0.6 is 23.4 Å². The predicted molar refractivity (Wildman–Crippen MR) is 123 cm³/mol. The zero-order chi connectivity index (χ0) is 22.7. The second-order valence-electron chi connectivity index (χ2n) is 7.23. The first-order valence-corrected chi connectivity index (χ1v) is 11.1. The number of carbonyl (C=O) groups is 3. The van der Waals surface area contributed by atoms with Gasteiger partial charge in [-0.1, -0.05) is 23.7 Å². The second kappa shape index (κ2) is 9.54. The topological polar surface area (TPSA) is 66.5 Å². The smallest absolute Gasteiger partial charge is 0.247 e. The van der Waals surface area contributed by atoms with Gasteiger partial charge in [-0.15, -0.1) is 11.8 Å². The van der Waals surface area contributed by atoms with Gasteiger partial charge < -0.3 is 5.32 Å². The van der Waals surface area contributed by atoms with Crippen molar-refractivity contribution in [1.29, 1.82) is 0 Å². The minimum absolute atomic E-state index is 0.0699. The molecule has 1 unspecified atom stereocenters. The van der Waals surface area contributed by atoms with Crippen molar-refractivity contribution >= 4 is 52.5 Å². The van der Waals surface area contributed by atoms with E-state index in [0.29, 0.717) is 16.4 Å². The van der Waals surface area contributed by atoms with Gasteiger partial charge >= 0.3 is 0 Å². The third-order valence-corrected chi connectivity index (χ3v) is 6.33. The van der Waals surface area contributed by atoms with Crippen molar-refractivity contribution in [2.45, 2.75) is 23.0 Å². The van der Waals surface area contributed by atoms with Crippen molar-refractivity contribution in [3.63, 3.8) is 0 Å². The number of nitrogens with one attached hydrogen (secondary N) is 1. The van der Waals surface area contributed by atoms with Crippen molar-refractivity contribution in [1.82, 2.24) is 0 Å². The number of halogens is 2. The molecule has 3 aromatic rings. The van der Waals surface area contributed by atoms with E-state index in [0.717, 1.165) is 15.4 Å². The van der Waals surface area contributed by atoms with E-state index in [1.165, 1.54) is 36.0 Å². The van der Waals surface area contributed by atoms with E-state index < -0.39 is 11.1 Å². The molecule has 1 N–H and O–H groups in total. The largest absolute Gasteiger partial charge is 0.326 e. The molecule has 1 fully saturated rings. The molecule has 4 rings (SSSR count). The van der Waals surface area contributed by atoms with Crippen LogP contribution in [0.3, 0.4) is 0 Å². The number of rotatable bonds is 6. The zero-order valence-corrected chi connectivity index (χ0v) is 18.3. The highest BCUT2D eigenvalue weighted by atomic mass is 35.5. The number of benzene rings is 3. The van der Waals surface area contributed by atoms with Crippen LogP contribution in [-0.4, -0.2) is 23.0 Å². The Morgan fingerprint density at radius 3 is 2.31 bits per heavy atom. The fourth-order valence-electron chi connectivity index (χ4n) is 3.33. The molecule has 0 spiro atoms. The predicted octanol–water partition coefficient (Wildman–Crippen LogP) is 5.08. The minimum Gasteiger partial charge on any atom is -0.326 e. The molecule has 1 aliphatic heterocycles. The summed E-state index contributed by atoms with van der Waals surface area (Å²) in [7, 11) is 0. The molecule has 3 aromatic carbocycles. The SMILES string of the molecule is O=C(Cc1ccc(Cl)cc1)Nc1ccc(SC2CC(=O)N(c3ccc(F)cc3)C2=O)cc1. The van der Waals surface area contributed by atoms with E-state index in [9.17, 15) is 18.8 Å². The molecule has 5 nitrogen and oxygen atoms in total. The Hall–Kier alpha value is -3.16. The van der Waals surface area contributed by atoms with Gasteiger partial charge in [0.15, 0.2) is 0 Å². The van der Waals surface area contributed by atoms with Gasteiger partial charge in [-0.25, -0.2) is 9.29 Å². The summed E-state index contributed by atoms with van der Waals surface area (Å²) >= 11 is 7.14. The molecule has 1 heterocycles. The van der Waals surface area contributed by atoms with Crippen molar-refractivity contribution < 1.29 is 18.8 Å². The standard InChI is InChI=1S/C24H18ClFN2O3S/c25-16-3-1-15(2-4-16)13-22(29)27-18-7-11-20(12-8-18)32-21-14-23(30)28(24(21)31)19-9-5-17(26)6-10-19/h1-12,21H,13-14H2,(H,27,29). The molecule has 32 heavy (non-hydrogen) atoms. The number of carbonyl (C=O) groups excluding carboxylic acids is 3. The summed E-state index contributed by atoms with van der Waals surface area (Å²) in [5.74, 6) is -1.23. The van der Waals surface area contributed by atoms with Gasteiger partial charge in [0.1, 0.15) is 5.82 Å². The van der Waals surface area contributed by atoms with Gasteiger partial charge in [-0.3, -0.25) is 14.4 Å². The Kier molecular flexibility index (Phi) is 6.58. The number of hydrogen-bond donors (Lipinski definition) is 1. The Morgan fingerprint density at radius 1 is 1.00 bits per heavy atom. The number of imide groups is 1. The fraction of sp³-hybridized carbons (Fsp3) is 0.125. The average molecular weight is 469 g/mol. The van der Waals surface area contributed by atoms with Crippen LogP contribution < -0.4 is 10.2 Å². The van der Waals surface area contributed by atoms with Crippen LogP contribution in [0.2, 0.25) is 5.02 Å². The molecule has 0 saturated carbocycles. The van der Waals surface area contributed by atoms with Gasteiger partial charge in [0.05, 0.1) is 17.4 Å². The van der Waals surface area contributed by atoms with Gasteiger partial charge in [0, 0.05) is 22.0 Å². The molecular formula is C24H18ClFN2O3S. The van der Waals surface area contributed by atoms with Crippen LogP contribution in [0.25, 0.3) is 0 Å². The van der Waals surface area contributed by atoms with E-state index >= 15 is 0 Å². The summed E-state index contributed by atoms with van der Waals surface area (Å²) in [4.78, 5) is 39.2. The third-order valence-electron chi connectivity index (χ3n) is 4.88. The van der Waals surface area contributed by atoms with E-state index in [4.69, 9.17) is 11.6 Å². The van der Waals surface area contributed by atoms with Gasteiger partial charge in [0.25, 0.3) is 0 Å². The second-order valence-corrected chi connectivity index (χ2v) is 8.94. The fourth-order valence-corrected chi connectivity index (χ4v) is 4.51. The number of amides is 3. The van der Waals surface area contributed by atoms with Crippen molar-refractivity contribution in [3.8, 4) is 0 Å². The molecule has 0 radical (unpaired) electrons. The molecule has 1 saturated heterocycles. The molecule has 0 aromatic heterocycles. The lowest BCUT2D eigenvalue weighted by Crippen LogP contribution is -2.31.